The smallest absolute Gasteiger partial charge is 0.262 e. The second-order valence-corrected chi connectivity index (χ2v) is 8.47. The molecule has 2 aromatic heterocycles. The van der Waals surface area contributed by atoms with Crippen LogP contribution in [0.15, 0.2) is 60.7 Å². The maximum absolute atomic E-state index is 12.8. The molecular weight excluding hydrogens is 456 g/mol. The van der Waals surface area contributed by atoms with E-state index >= 15 is 0 Å². The molecular formula is C27H28N6O3. The van der Waals surface area contributed by atoms with E-state index < -0.39 is 0 Å². The summed E-state index contributed by atoms with van der Waals surface area (Å²) in [5.74, 6) is 0.497. The second-order valence-electron chi connectivity index (χ2n) is 8.47. The molecule has 2 aromatic carbocycles. The van der Waals surface area contributed by atoms with Crippen molar-refractivity contribution >= 4 is 23.2 Å². The number of carbonyl (C=O) groups is 2. The molecule has 4 rings (SSSR count). The normalized spacial score (nSPS) is 10.7. The molecule has 2 N–H and O–H groups in total. The van der Waals surface area contributed by atoms with Crippen molar-refractivity contribution in [1.82, 2.24) is 19.7 Å². The SMILES string of the molecule is Cc1cc(C)nc(-n2nc(C)c(CC(=O)Nc3cccc(OCC(=O)Nc4ccccc4)c3)c2C)n1. The number of amides is 2. The minimum absolute atomic E-state index is 0.146. The Labute approximate surface area is 209 Å². The van der Waals surface area contributed by atoms with Crippen LogP contribution < -0.4 is 15.4 Å². The van der Waals surface area contributed by atoms with Crippen LogP contribution in [-0.2, 0) is 16.0 Å². The highest BCUT2D eigenvalue weighted by Gasteiger charge is 2.18. The fraction of sp³-hybridized carbons (Fsp3) is 0.222. The molecule has 36 heavy (non-hydrogen) atoms. The van der Waals surface area contributed by atoms with Gasteiger partial charge in [0.25, 0.3) is 11.9 Å². The number of benzene rings is 2. The van der Waals surface area contributed by atoms with E-state index in [0.29, 0.717) is 23.1 Å². The third kappa shape index (κ3) is 6.12. The van der Waals surface area contributed by atoms with Gasteiger partial charge in [0.15, 0.2) is 6.61 Å². The van der Waals surface area contributed by atoms with Gasteiger partial charge < -0.3 is 15.4 Å². The van der Waals surface area contributed by atoms with Crippen LogP contribution >= 0.6 is 0 Å². The number of nitrogens with one attached hydrogen (secondary N) is 2. The van der Waals surface area contributed by atoms with Crippen molar-refractivity contribution in [2.75, 3.05) is 17.2 Å². The lowest BCUT2D eigenvalue weighted by molar-refractivity contribution is -0.118. The molecule has 0 bridgehead atoms. The first-order valence-corrected chi connectivity index (χ1v) is 11.5. The maximum Gasteiger partial charge on any atom is 0.262 e. The van der Waals surface area contributed by atoms with Crippen LogP contribution in [0.25, 0.3) is 5.95 Å². The molecule has 184 valence electrons. The van der Waals surface area contributed by atoms with Gasteiger partial charge in [0.1, 0.15) is 5.75 Å². The second kappa shape index (κ2) is 10.8. The summed E-state index contributed by atoms with van der Waals surface area (Å²) in [6, 6.07) is 18.0. The van der Waals surface area contributed by atoms with Gasteiger partial charge in [-0.2, -0.15) is 5.10 Å². The number of hydrogen-bond donors (Lipinski definition) is 2. The van der Waals surface area contributed by atoms with E-state index in [0.717, 1.165) is 28.3 Å². The average Bonchev–Trinajstić information content (AvgIpc) is 3.11. The highest BCUT2D eigenvalue weighted by molar-refractivity contribution is 5.93. The highest BCUT2D eigenvalue weighted by atomic mass is 16.5. The number of hydrogen-bond acceptors (Lipinski definition) is 6. The van der Waals surface area contributed by atoms with Gasteiger partial charge in [-0.1, -0.05) is 24.3 Å². The average molecular weight is 485 g/mol. The Kier molecular flexibility index (Phi) is 7.39. The molecule has 0 spiro atoms. The summed E-state index contributed by atoms with van der Waals surface area (Å²) in [5, 5.41) is 10.2. The topological polar surface area (TPSA) is 111 Å². The number of aromatic nitrogens is 4. The number of rotatable bonds is 8. The van der Waals surface area contributed by atoms with Crippen molar-refractivity contribution in [2.45, 2.75) is 34.1 Å². The first-order chi connectivity index (χ1) is 17.3. The molecule has 0 atom stereocenters. The zero-order valence-electron chi connectivity index (χ0n) is 20.7. The summed E-state index contributed by atoms with van der Waals surface area (Å²) in [7, 11) is 0. The van der Waals surface area contributed by atoms with Crippen LogP contribution in [0.4, 0.5) is 11.4 Å². The van der Waals surface area contributed by atoms with Crippen molar-refractivity contribution in [3.8, 4) is 11.7 Å². The molecule has 2 amide bonds. The van der Waals surface area contributed by atoms with Gasteiger partial charge in [-0.3, -0.25) is 9.59 Å². The van der Waals surface area contributed by atoms with E-state index in [2.05, 4.69) is 25.7 Å². The van der Waals surface area contributed by atoms with Crippen LogP contribution in [-0.4, -0.2) is 38.2 Å². The van der Waals surface area contributed by atoms with Crippen molar-refractivity contribution in [3.63, 3.8) is 0 Å². The third-order valence-electron chi connectivity index (χ3n) is 5.48. The lowest BCUT2D eigenvalue weighted by Crippen LogP contribution is -2.20. The van der Waals surface area contributed by atoms with Gasteiger partial charge in [-0.25, -0.2) is 14.6 Å². The van der Waals surface area contributed by atoms with Crippen LogP contribution in [0.2, 0.25) is 0 Å². The van der Waals surface area contributed by atoms with Gasteiger partial charge in [-0.05, 0) is 58.0 Å². The number of aryl methyl sites for hydroxylation is 3. The van der Waals surface area contributed by atoms with Crippen molar-refractivity contribution < 1.29 is 14.3 Å². The van der Waals surface area contributed by atoms with Crippen LogP contribution in [0.3, 0.4) is 0 Å². The molecule has 9 heteroatoms. The summed E-state index contributed by atoms with van der Waals surface area (Å²) in [6.45, 7) is 7.43. The molecule has 9 nitrogen and oxygen atoms in total. The molecule has 0 aliphatic heterocycles. The van der Waals surface area contributed by atoms with Crippen molar-refractivity contribution in [2.24, 2.45) is 0 Å². The van der Waals surface area contributed by atoms with E-state index in [4.69, 9.17) is 4.74 Å². The maximum atomic E-state index is 12.8. The Bertz CT molecular complexity index is 1380. The largest absolute Gasteiger partial charge is 0.484 e. The number of carbonyl (C=O) groups excluding carboxylic acids is 2. The fourth-order valence-corrected chi connectivity index (χ4v) is 3.82. The lowest BCUT2D eigenvalue weighted by atomic mass is 10.1. The van der Waals surface area contributed by atoms with Crippen LogP contribution in [0.1, 0.15) is 28.3 Å². The third-order valence-corrected chi connectivity index (χ3v) is 5.48. The molecule has 0 unspecified atom stereocenters. The highest BCUT2D eigenvalue weighted by Crippen LogP contribution is 2.20. The first-order valence-electron chi connectivity index (χ1n) is 11.5. The van der Waals surface area contributed by atoms with Crippen molar-refractivity contribution in [1.29, 1.82) is 0 Å². The Hall–Kier alpha value is -4.53. The predicted molar refractivity (Wildman–Crippen MR) is 137 cm³/mol. The zero-order chi connectivity index (χ0) is 25.7. The summed E-state index contributed by atoms with van der Waals surface area (Å²) in [4.78, 5) is 33.9. The van der Waals surface area contributed by atoms with E-state index in [9.17, 15) is 9.59 Å². The van der Waals surface area contributed by atoms with Crippen LogP contribution in [0.5, 0.6) is 5.75 Å². The van der Waals surface area contributed by atoms with E-state index in [1.807, 2.05) is 52.0 Å². The van der Waals surface area contributed by atoms with Crippen molar-refractivity contribution in [3.05, 3.63) is 89.0 Å². The van der Waals surface area contributed by atoms with E-state index in [1.54, 1.807) is 41.1 Å². The minimum Gasteiger partial charge on any atom is -0.484 e. The van der Waals surface area contributed by atoms with E-state index in [1.165, 1.54) is 0 Å². The molecule has 0 saturated heterocycles. The minimum atomic E-state index is -0.272. The fourth-order valence-electron chi connectivity index (χ4n) is 3.82. The summed E-state index contributed by atoms with van der Waals surface area (Å²) >= 11 is 0. The van der Waals surface area contributed by atoms with Gasteiger partial charge >= 0.3 is 0 Å². The van der Waals surface area contributed by atoms with Gasteiger partial charge in [0.2, 0.25) is 5.91 Å². The lowest BCUT2D eigenvalue weighted by Gasteiger charge is -2.10. The standard InChI is InChI=1S/C27H28N6O3/c1-17-13-18(2)29-27(28-17)33-20(4)24(19(3)32-33)15-25(34)31-22-11-8-12-23(14-22)36-16-26(35)30-21-9-6-5-7-10-21/h5-14H,15-16H2,1-4H3,(H,30,35)(H,31,34). The Morgan fingerprint density at radius 2 is 1.50 bits per heavy atom. The summed E-state index contributed by atoms with van der Waals surface area (Å²) < 4.78 is 7.27. The molecule has 4 aromatic rings. The van der Waals surface area contributed by atoms with E-state index in [-0.39, 0.29) is 24.8 Å². The van der Waals surface area contributed by atoms with Crippen LogP contribution in [0, 0.1) is 27.7 Å². The molecule has 0 aliphatic carbocycles. The molecule has 0 fully saturated rings. The quantitative estimate of drug-likeness (QED) is 0.390. The molecule has 0 aliphatic rings. The predicted octanol–water partition coefficient (Wildman–Crippen LogP) is 4.09. The Morgan fingerprint density at radius 3 is 2.22 bits per heavy atom. The molecule has 0 radical (unpaired) electrons. The number of ether oxygens (including phenoxy) is 1. The molecule has 0 saturated carbocycles. The number of para-hydroxylation sites is 1. The number of anilines is 2. The summed E-state index contributed by atoms with van der Waals surface area (Å²) in [6.07, 6.45) is 0.146. The zero-order valence-corrected chi connectivity index (χ0v) is 20.7. The number of nitrogens with zero attached hydrogens (tertiary/aromatic N) is 4. The van der Waals surface area contributed by atoms with Gasteiger partial charge in [0, 0.05) is 40.1 Å². The van der Waals surface area contributed by atoms with Gasteiger partial charge in [0.05, 0.1) is 12.1 Å². The monoisotopic (exact) mass is 484 g/mol. The first kappa shape index (κ1) is 24.6. The Balaban J connectivity index is 1.38. The van der Waals surface area contributed by atoms with Gasteiger partial charge in [-0.15, -0.1) is 0 Å². The Morgan fingerprint density at radius 1 is 0.833 bits per heavy atom. The molecule has 2 heterocycles. The summed E-state index contributed by atoms with van der Waals surface area (Å²) in [5.41, 5.74) is 5.35.